The van der Waals surface area contributed by atoms with E-state index < -0.39 is 27.8 Å². The molecule has 6 nitrogen and oxygen atoms in total. The van der Waals surface area contributed by atoms with Crippen molar-refractivity contribution in [2.24, 2.45) is 0 Å². The van der Waals surface area contributed by atoms with Crippen LogP contribution in [0.25, 0.3) is 10.1 Å². The van der Waals surface area contributed by atoms with Crippen molar-refractivity contribution >= 4 is 48.9 Å². The largest absolute Gasteiger partial charge is 0.325 e. The number of rotatable bonds is 2. The minimum atomic E-state index is -3.95. The van der Waals surface area contributed by atoms with Crippen LogP contribution in [0.3, 0.4) is 0 Å². The van der Waals surface area contributed by atoms with Gasteiger partial charge in [-0.2, -0.15) is 0 Å². The maximum Gasteiger partial charge on any atom is 0.276 e. The molecule has 0 aliphatic carbocycles. The molecule has 1 aliphatic heterocycles. The summed E-state index contributed by atoms with van der Waals surface area (Å²) in [5.74, 6) is -2.52. The van der Waals surface area contributed by atoms with E-state index in [1.54, 1.807) is 48.5 Å². The molecule has 2 heterocycles. The van der Waals surface area contributed by atoms with Gasteiger partial charge in [-0.15, -0.1) is 11.3 Å². The van der Waals surface area contributed by atoms with Crippen LogP contribution in [0.15, 0.2) is 58.8 Å². The smallest absolute Gasteiger partial charge is 0.276 e. The molecule has 4 rings (SSSR count). The topological polar surface area (TPSA) is 83.6 Å². The Morgan fingerprint density at radius 3 is 2.46 bits per heavy atom. The Kier molecular flexibility index (Phi) is 3.82. The van der Waals surface area contributed by atoms with Crippen LogP contribution in [0.2, 0.25) is 0 Å². The van der Waals surface area contributed by atoms with Gasteiger partial charge in [0.05, 0.1) is 0 Å². The molecule has 3 aromatic rings. The molecule has 26 heavy (non-hydrogen) atoms. The zero-order valence-corrected chi connectivity index (χ0v) is 15.3. The quantitative estimate of drug-likeness (QED) is 0.687. The number of carbonyl (C=O) groups is 2. The molecule has 2 aromatic carbocycles. The lowest BCUT2D eigenvalue weighted by Gasteiger charge is -2.28. The summed E-state index contributed by atoms with van der Waals surface area (Å²) in [5, 5.41) is 3.33. The van der Waals surface area contributed by atoms with E-state index in [2.05, 4.69) is 5.32 Å². The van der Waals surface area contributed by atoms with Gasteiger partial charge in [-0.25, -0.2) is 12.7 Å². The second-order valence-corrected chi connectivity index (χ2v) is 9.12. The molecule has 0 fully saturated rings. The van der Waals surface area contributed by atoms with Gasteiger partial charge >= 0.3 is 0 Å². The summed E-state index contributed by atoms with van der Waals surface area (Å²) in [4.78, 5) is 25.7. The molecular weight excluding hydrogens is 372 g/mol. The van der Waals surface area contributed by atoms with Gasteiger partial charge < -0.3 is 5.32 Å². The number of nitrogens with zero attached hydrogens (tertiary/aromatic N) is 1. The number of fused-ring (bicyclic) bond motifs is 3. The average molecular weight is 386 g/mol. The number of amides is 2. The van der Waals surface area contributed by atoms with Crippen LogP contribution in [0.4, 0.5) is 5.69 Å². The summed E-state index contributed by atoms with van der Waals surface area (Å²) in [7, 11) is -2.76. The first-order valence-corrected chi connectivity index (χ1v) is 10.1. The predicted molar refractivity (Wildman–Crippen MR) is 99.6 cm³/mol. The number of hydrogen-bond donors (Lipinski definition) is 1. The molecule has 0 saturated heterocycles. The maximum absolute atomic E-state index is 12.9. The van der Waals surface area contributed by atoms with Crippen molar-refractivity contribution in [1.82, 2.24) is 4.31 Å². The number of sulfonamides is 1. The van der Waals surface area contributed by atoms with Crippen LogP contribution in [0, 0.1) is 0 Å². The first-order chi connectivity index (χ1) is 12.4. The fraction of sp³-hybridized carbons (Fsp3) is 0.111. The SMILES string of the molecule is CN1C(=O)C(C(=O)Nc2ccccc2)c2c(sc3ccccc23)S1(=O)=O. The molecule has 1 aliphatic rings. The highest BCUT2D eigenvalue weighted by Gasteiger charge is 2.47. The third-order valence-electron chi connectivity index (χ3n) is 4.34. The number of hydrogen-bond acceptors (Lipinski definition) is 5. The molecule has 8 heteroatoms. The van der Waals surface area contributed by atoms with E-state index in [-0.39, 0.29) is 9.77 Å². The van der Waals surface area contributed by atoms with Gasteiger partial charge in [0, 0.05) is 23.0 Å². The Hall–Kier alpha value is -2.71. The predicted octanol–water partition coefficient (Wildman–Crippen LogP) is 2.78. The van der Waals surface area contributed by atoms with E-state index in [1.807, 2.05) is 6.07 Å². The van der Waals surface area contributed by atoms with Gasteiger partial charge in [0.2, 0.25) is 5.91 Å². The van der Waals surface area contributed by atoms with Crippen molar-refractivity contribution in [3.05, 3.63) is 60.2 Å². The van der Waals surface area contributed by atoms with E-state index in [0.717, 1.165) is 16.0 Å². The standard InChI is InChI=1S/C18H14N2O4S2/c1-20-17(22)15(16(21)19-11-7-3-2-4-8-11)14-12-9-5-6-10-13(12)25-18(14)26(20,23)24/h2-10,15H,1H3,(H,19,21). The lowest BCUT2D eigenvalue weighted by molar-refractivity contribution is -0.132. The molecular formula is C18H14N2O4S2. The second kappa shape index (κ2) is 5.93. The fourth-order valence-electron chi connectivity index (χ4n) is 3.04. The van der Waals surface area contributed by atoms with Crippen LogP contribution < -0.4 is 5.32 Å². The van der Waals surface area contributed by atoms with E-state index in [9.17, 15) is 18.0 Å². The average Bonchev–Trinajstić information content (AvgIpc) is 3.02. The molecule has 0 saturated carbocycles. The monoisotopic (exact) mass is 386 g/mol. The zero-order valence-electron chi connectivity index (χ0n) is 13.7. The molecule has 1 aromatic heterocycles. The number of nitrogens with one attached hydrogen (secondary N) is 1. The normalized spacial score (nSPS) is 18.6. The van der Waals surface area contributed by atoms with Gasteiger partial charge in [0.25, 0.3) is 15.9 Å². The number of carbonyl (C=O) groups excluding carboxylic acids is 2. The summed E-state index contributed by atoms with van der Waals surface area (Å²) in [6.07, 6.45) is 0. The Labute approximate surface area is 154 Å². The number of para-hydroxylation sites is 1. The highest BCUT2D eigenvalue weighted by atomic mass is 32.2. The van der Waals surface area contributed by atoms with Gasteiger partial charge in [-0.3, -0.25) is 9.59 Å². The molecule has 0 radical (unpaired) electrons. The highest BCUT2D eigenvalue weighted by Crippen LogP contribution is 2.44. The fourth-order valence-corrected chi connectivity index (χ4v) is 6.13. The molecule has 0 bridgehead atoms. The highest BCUT2D eigenvalue weighted by molar-refractivity contribution is 7.92. The summed E-state index contributed by atoms with van der Waals surface area (Å²) < 4.78 is 26.8. The first-order valence-electron chi connectivity index (χ1n) is 7.81. The van der Waals surface area contributed by atoms with Gasteiger partial charge in [0.1, 0.15) is 10.1 Å². The Morgan fingerprint density at radius 1 is 1.08 bits per heavy atom. The van der Waals surface area contributed by atoms with Crippen LogP contribution in [-0.4, -0.2) is 31.6 Å². The van der Waals surface area contributed by atoms with E-state index in [1.165, 1.54) is 7.05 Å². The molecule has 1 N–H and O–H groups in total. The van der Waals surface area contributed by atoms with Crippen molar-refractivity contribution in [2.75, 3.05) is 12.4 Å². The summed E-state index contributed by atoms with van der Waals surface area (Å²) in [6, 6.07) is 15.8. The van der Waals surface area contributed by atoms with Crippen molar-refractivity contribution in [1.29, 1.82) is 0 Å². The minimum Gasteiger partial charge on any atom is -0.325 e. The van der Waals surface area contributed by atoms with Crippen LogP contribution in [-0.2, 0) is 19.6 Å². The van der Waals surface area contributed by atoms with Crippen LogP contribution in [0.5, 0.6) is 0 Å². The molecule has 132 valence electrons. The number of benzene rings is 2. The Bertz CT molecular complexity index is 1140. The molecule has 2 amide bonds. The third kappa shape index (κ3) is 2.41. The molecule has 1 atom stereocenters. The van der Waals surface area contributed by atoms with Gasteiger partial charge in [-0.1, -0.05) is 36.4 Å². The molecule has 0 spiro atoms. The Balaban J connectivity index is 1.90. The van der Waals surface area contributed by atoms with Gasteiger partial charge in [-0.05, 0) is 23.6 Å². The lowest BCUT2D eigenvalue weighted by atomic mass is 9.96. The number of anilines is 1. The summed E-state index contributed by atoms with van der Waals surface area (Å²) >= 11 is 1.08. The summed E-state index contributed by atoms with van der Waals surface area (Å²) in [6.45, 7) is 0. The number of likely N-dealkylation sites (N-methyl/N-ethyl adjacent to an activating group) is 1. The third-order valence-corrected chi connectivity index (χ3v) is 7.80. The van der Waals surface area contributed by atoms with Gasteiger partial charge in [0.15, 0.2) is 0 Å². The van der Waals surface area contributed by atoms with E-state index in [4.69, 9.17) is 0 Å². The van der Waals surface area contributed by atoms with Crippen molar-refractivity contribution in [3.63, 3.8) is 0 Å². The van der Waals surface area contributed by atoms with Crippen LogP contribution >= 0.6 is 11.3 Å². The lowest BCUT2D eigenvalue weighted by Crippen LogP contribution is -2.45. The van der Waals surface area contributed by atoms with Crippen molar-refractivity contribution < 1.29 is 18.0 Å². The van der Waals surface area contributed by atoms with Crippen LogP contribution in [0.1, 0.15) is 11.5 Å². The maximum atomic E-state index is 12.9. The zero-order chi connectivity index (χ0) is 18.5. The van der Waals surface area contributed by atoms with Crippen molar-refractivity contribution in [3.8, 4) is 0 Å². The Morgan fingerprint density at radius 2 is 1.73 bits per heavy atom. The number of thiophene rings is 1. The minimum absolute atomic E-state index is 0.0500. The molecule has 1 unspecified atom stereocenters. The van der Waals surface area contributed by atoms with Crippen molar-refractivity contribution in [2.45, 2.75) is 10.1 Å². The first kappa shape index (κ1) is 16.7. The van der Waals surface area contributed by atoms with E-state index >= 15 is 0 Å². The van der Waals surface area contributed by atoms with E-state index in [0.29, 0.717) is 15.4 Å². The second-order valence-electron chi connectivity index (χ2n) is 5.90. The summed E-state index contributed by atoms with van der Waals surface area (Å²) in [5.41, 5.74) is 0.810.